The van der Waals surface area contributed by atoms with E-state index in [9.17, 15) is 18.0 Å². The first-order valence-electron chi connectivity index (χ1n) is 7.36. The van der Waals surface area contributed by atoms with Crippen LogP contribution in [0.25, 0.3) is 0 Å². The first-order valence-corrected chi connectivity index (χ1v) is 7.36. The first-order chi connectivity index (χ1) is 9.29. The number of carbonyl (C=O) groups is 1. The smallest absolute Gasteiger partial charge is 0.353 e. The highest BCUT2D eigenvalue weighted by molar-refractivity contribution is 5.83. The van der Waals surface area contributed by atoms with Crippen molar-refractivity contribution in [3.05, 3.63) is 0 Å². The van der Waals surface area contributed by atoms with Gasteiger partial charge < -0.3 is 11.1 Å². The van der Waals surface area contributed by atoms with E-state index in [2.05, 4.69) is 5.32 Å². The SMILES string of the molecule is CCC(CC)(CN)C(=O)NC1CCCC(C(F)(F)F)C1. The van der Waals surface area contributed by atoms with Crippen LogP contribution < -0.4 is 11.1 Å². The highest BCUT2D eigenvalue weighted by Gasteiger charge is 2.43. The van der Waals surface area contributed by atoms with Crippen molar-refractivity contribution in [3.8, 4) is 0 Å². The lowest BCUT2D eigenvalue weighted by molar-refractivity contribution is -0.184. The minimum atomic E-state index is -4.16. The van der Waals surface area contributed by atoms with E-state index in [4.69, 9.17) is 5.73 Å². The average Bonchev–Trinajstić information content (AvgIpc) is 2.41. The molecule has 0 aromatic rings. The summed E-state index contributed by atoms with van der Waals surface area (Å²) in [6.07, 6.45) is -1.69. The number of amides is 1. The van der Waals surface area contributed by atoms with Crippen LogP contribution >= 0.6 is 0 Å². The summed E-state index contributed by atoms with van der Waals surface area (Å²) >= 11 is 0. The Hall–Kier alpha value is -0.780. The molecule has 0 spiro atoms. The number of nitrogens with two attached hydrogens (primary N) is 1. The minimum absolute atomic E-state index is 0.0106. The van der Waals surface area contributed by atoms with Crippen molar-refractivity contribution in [1.29, 1.82) is 0 Å². The molecule has 2 unspecified atom stereocenters. The third kappa shape index (κ3) is 3.87. The van der Waals surface area contributed by atoms with Gasteiger partial charge in [-0.2, -0.15) is 13.2 Å². The topological polar surface area (TPSA) is 55.1 Å². The van der Waals surface area contributed by atoms with Crippen molar-refractivity contribution in [2.45, 2.75) is 64.6 Å². The molecule has 1 aliphatic rings. The summed E-state index contributed by atoms with van der Waals surface area (Å²) in [6.45, 7) is 3.99. The van der Waals surface area contributed by atoms with Crippen LogP contribution in [-0.2, 0) is 4.79 Å². The molecule has 0 bridgehead atoms. The Kier molecular flexibility index (Phi) is 5.86. The fourth-order valence-electron chi connectivity index (χ4n) is 2.91. The van der Waals surface area contributed by atoms with Gasteiger partial charge in [0.05, 0.1) is 11.3 Å². The van der Waals surface area contributed by atoms with Crippen molar-refractivity contribution >= 4 is 5.91 Å². The molecule has 0 radical (unpaired) electrons. The van der Waals surface area contributed by atoms with Gasteiger partial charge >= 0.3 is 6.18 Å². The van der Waals surface area contributed by atoms with E-state index in [-0.39, 0.29) is 31.3 Å². The number of alkyl halides is 3. The molecule has 1 fully saturated rings. The van der Waals surface area contributed by atoms with Crippen molar-refractivity contribution in [2.75, 3.05) is 6.54 Å². The molecule has 0 heterocycles. The van der Waals surface area contributed by atoms with E-state index in [1.807, 2.05) is 13.8 Å². The van der Waals surface area contributed by atoms with E-state index in [0.29, 0.717) is 25.7 Å². The fourth-order valence-corrected chi connectivity index (χ4v) is 2.91. The third-order valence-corrected chi connectivity index (χ3v) is 4.70. The highest BCUT2D eigenvalue weighted by atomic mass is 19.4. The maximum atomic E-state index is 12.8. The Balaban J connectivity index is 2.66. The van der Waals surface area contributed by atoms with Crippen LogP contribution in [0, 0.1) is 11.3 Å². The zero-order valence-electron chi connectivity index (χ0n) is 12.2. The molecule has 6 heteroatoms. The van der Waals surface area contributed by atoms with Crippen LogP contribution in [0.5, 0.6) is 0 Å². The lowest BCUT2D eigenvalue weighted by Gasteiger charge is -2.35. The molecule has 20 heavy (non-hydrogen) atoms. The zero-order chi connectivity index (χ0) is 15.4. The zero-order valence-corrected chi connectivity index (χ0v) is 12.2. The molecule has 3 N–H and O–H groups in total. The van der Waals surface area contributed by atoms with E-state index < -0.39 is 17.5 Å². The van der Waals surface area contributed by atoms with Crippen LogP contribution in [0.15, 0.2) is 0 Å². The quantitative estimate of drug-likeness (QED) is 0.819. The van der Waals surface area contributed by atoms with Crippen LogP contribution in [0.3, 0.4) is 0 Å². The summed E-state index contributed by atoms with van der Waals surface area (Å²) in [5.41, 5.74) is 5.04. The normalized spacial score (nSPS) is 24.5. The molecule has 1 rings (SSSR count). The maximum absolute atomic E-state index is 12.8. The Labute approximate surface area is 118 Å². The molecule has 0 saturated heterocycles. The number of hydrogen-bond donors (Lipinski definition) is 2. The van der Waals surface area contributed by atoms with Gasteiger partial charge in [-0.3, -0.25) is 4.79 Å². The van der Waals surface area contributed by atoms with Gasteiger partial charge in [0, 0.05) is 12.6 Å². The summed E-state index contributed by atoms with van der Waals surface area (Å²) in [4.78, 5) is 12.3. The summed E-state index contributed by atoms with van der Waals surface area (Å²) in [7, 11) is 0. The van der Waals surface area contributed by atoms with Crippen LogP contribution in [-0.4, -0.2) is 24.7 Å². The van der Waals surface area contributed by atoms with Crippen molar-refractivity contribution in [3.63, 3.8) is 0 Å². The fraction of sp³-hybridized carbons (Fsp3) is 0.929. The molecule has 3 nitrogen and oxygen atoms in total. The van der Waals surface area contributed by atoms with E-state index in [1.54, 1.807) is 0 Å². The van der Waals surface area contributed by atoms with Gasteiger partial charge in [0.1, 0.15) is 0 Å². The molecular weight excluding hydrogens is 269 g/mol. The first kappa shape index (κ1) is 17.3. The summed E-state index contributed by atoms with van der Waals surface area (Å²) < 4.78 is 38.3. The van der Waals surface area contributed by atoms with Gasteiger partial charge in [-0.15, -0.1) is 0 Å². The van der Waals surface area contributed by atoms with Crippen LogP contribution in [0.2, 0.25) is 0 Å². The van der Waals surface area contributed by atoms with Gasteiger partial charge in [-0.05, 0) is 32.1 Å². The average molecular weight is 294 g/mol. The number of rotatable bonds is 5. The lowest BCUT2D eigenvalue weighted by atomic mass is 9.80. The molecule has 0 aromatic carbocycles. The highest BCUT2D eigenvalue weighted by Crippen LogP contribution is 2.38. The largest absolute Gasteiger partial charge is 0.391 e. The number of hydrogen-bond acceptors (Lipinski definition) is 2. The van der Waals surface area contributed by atoms with Crippen molar-refractivity contribution in [1.82, 2.24) is 5.32 Å². The molecule has 0 aromatic heterocycles. The number of halogens is 3. The van der Waals surface area contributed by atoms with E-state index in [1.165, 1.54) is 0 Å². The Morgan fingerprint density at radius 1 is 1.25 bits per heavy atom. The second kappa shape index (κ2) is 6.78. The Morgan fingerprint density at radius 3 is 2.30 bits per heavy atom. The third-order valence-electron chi connectivity index (χ3n) is 4.70. The second-order valence-electron chi connectivity index (χ2n) is 5.77. The predicted molar refractivity (Wildman–Crippen MR) is 72.0 cm³/mol. The van der Waals surface area contributed by atoms with Crippen molar-refractivity contribution in [2.24, 2.45) is 17.1 Å². The van der Waals surface area contributed by atoms with Crippen LogP contribution in [0.1, 0.15) is 52.4 Å². The maximum Gasteiger partial charge on any atom is 0.391 e. The predicted octanol–water partition coefficient (Wildman–Crippen LogP) is 2.99. The standard InChI is InChI=1S/C14H25F3N2O/c1-3-13(4-2,9-18)12(20)19-11-7-5-6-10(8-11)14(15,16)17/h10-11H,3-9,18H2,1-2H3,(H,19,20). The van der Waals surface area contributed by atoms with Crippen molar-refractivity contribution < 1.29 is 18.0 Å². The summed E-state index contributed by atoms with van der Waals surface area (Å²) in [5, 5.41) is 2.80. The molecule has 1 aliphatic carbocycles. The lowest BCUT2D eigenvalue weighted by Crippen LogP contribution is -2.50. The summed E-state index contributed by atoms with van der Waals surface area (Å²) in [6, 6.07) is -0.383. The summed E-state index contributed by atoms with van der Waals surface area (Å²) in [5.74, 6) is -1.49. The van der Waals surface area contributed by atoms with Crippen LogP contribution in [0.4, 0.5) is 13.2 Å². The molecule has 118 valence electrons. The monoisotopic (exact) mass is 294 g/mol. The van der Waals surface area contributed by atoms with Gasteiger partial charge in [-0.1, -0.05) is 20.3 Å². The Morgan fingerprint density at radius 2 is 1.85 bits per heavy atom. The number of nitrogens with one attached hydrogen (secondary N) is 1. The molecule has 1 amide bonds. The number of carbonyl (C=O) groups excluding carboxylic acids is 1. The molecule has 0 aliphatic heterocycles. The van der Waals surface area contributed by atoms with Gasteiger partial charge in [-0.25, -0.2) is 0 Å². The van der Waals surface area contributed by atoms with Gasteiger partial charge in [0.15, 0.2) is 0 Å². The van der Waals surface area contributed by atoms with E-state index >= 15 is 0 Å². The molecular formula is C14H25F3N2O. The molecule has 1 saturated carbocycles. The van der Waals surface area contributed by atoms with Gasteiger partial charge in [0.2, 0.25) is 5.91 Å². The van der Waals surface area contributed by atoms with Gasteiger partial charge in [0.25, 0.3) is 0 Å². The molecule has 2 atom stereocenters. The van der Waals surface area contributed by atoms with E-state index in [0.717, 1.165) is 0 Å². The minimum Gasteiger partial charge on any atom is -0.353 e. The Bertz CT molecular complexity index is 319. The second-order valence-corrected chi connectivity index (χ2v) is 5.77.